The molecular formula is C27H34N4O2. The molecule has 1 aromatic heterocycles. The number of ether oxygens (including phenoxy) is 1. The first kappa shape index (κ1) is 22.3. The fourth-order valence-corrected chi connectivity index (χ4v) is 4.99. The van der Waals surface area contributed by atoms with E-state index < -0.39 is 0 Å². The van der Waals surface area contributed by atoms with E-state index in [0.717, 1.165) is 49.7 Å². The van der Waals surface area contributed by atoms with Gasteiger partial charge in [-0.25, -0.2) is 4.98 Å². The van der Waals surface area contributed by atoms with Gasteiger partial charge in [0.2, 0.25) is 0 Å². The highest BCUT2D eigenvalue weighted by Crippen LogP contribution is 2.41. The molecule has 0 unspecified atom stereocenters. The van der Waals surface area contributed by atoms with Crippen LogP contribution in [0.4, 0.5) is 0 Å². The van der Waals surface area contributed by atoms with E-state index in [1.54, 1.807) is 0 Å². The van der Waals surface area contributed by atoms with Gasteiger partial charge in [0.1, 0.15) is 5.82 Å². The first-order valence-electron chi connectivity index (χ1n) is 11.8. The number of hydrogen-bond acceptors (Lipinski definition) is 5. The molecule has 0 aliphatic carbocycles. The number of hydrogen-bond donors (Lipinski definition) is 1. The minimum Gasteiger partial charge on any atom is -0.344 e. The number of nitrogens with zero attached hydrogens (tertiary/aromatic N) is 3. The fraction of sp³-hybridized carbons (Fsp3) is 0.444. The standard InChI is InChI=1S/C27H34N4O2/c1-26(2,3)24(31-19-27(32-20-33-31)14-15-28-18-27)25-29-23(22-12-8-5-9-13-22)17-30(25)16-21-10-6-4-7-11-21/h4-13,17,24,28H,14-16,18-20H2,1-3H3/t24-,27-/m0/s1. The summed E-state index contributed by atoms with van der Waals surface area (Å²) >= 11 is 0. The number of nitrogens with one attached hydrogen (secondary N) is 1. The van der Waals surface area contributed by atoms with Gasteiger partial charge >= 0.3 is 0 Å². The van der Waals surface area contributed by atoms with Crippen molar-refractivity contribution in [3.8, 4) is 11.3 Å². The Hall–Kier alpha value is -2.51. The maximum atomic E-state index is 6.16. The Balaban J connectivity index is 1.56. The van der Waals surface area contributed by atoms with Crippen LogP contribution in [0.2, 0.25) is 0 Å². The average molecular weight is 447 g/mol. The predicted octanol–water partition coefficient (Wildman–Crippen LogP) is 4.64. The van der Waals surface area contributed by atoms with Crippen LogP contribution in [0.15, 0.2) is 66.9 Å². The Morgan fingerprint density at radius 3 is 2.45 bits per heavy atom. The summed E-state index contributed by atoms with van der Waals surface area (Å²) in [6, 6.07) is 21.0. The number of benzene rings is 2. The monoisotopic (exact) mass is 446 g/mol. The SMILES string of the molecule is CC(C)(C)[C@H](c1nc(-c2ccccc2)cn1Cc1ccccc1)N1C[C@@]2(CCNC2)OCO1. The molecule has 0 saturated carbocycles. The van der Waals surface area contributed by atoms with Gasteiger partial charge in [-0.15, -0.1) is 0 Å². The zero-order valence-electron chi connectivity index (χ0n) is 19.8. The van der Waals surface area contributed by atoms with Gasteiger partial charge in [0.15, 0.2) is 6.79 Å². The second-order valence-electron chi connectivity index (χ2n) is 10.3. The fourth-order valence-electron chi connectivity index (χ4n) is 4.99. The van der Waals surface area contributed by atoms with Crippen molar-refractivity contribution in [2.24, 2.45) is 5.41 Å². The van der Waals surface area contributed by atoms with E-state index in [1.807, 2.05) is 6.07 Å². The predicted molar refractivity (Wildman–Crippen MR) is 129 cm³/mol. The van der Waals surface area contributed by atoms with Crippen molar-refractivity contribution in [2.75, 3.05) is 26.4 Å². The second-order valence-corrected chi connectivity index (χ2v) is 10.3. The summed E-state index contributed by atoms with van der Waals surface area (Å²) in [5, 5.41) is 5.60. The molecular weight excluding hydrogens is 412 g/mol. The van der Waals surface area contributed by atoms with Gasteiger partial charge in [-0.1, -0.05) is 81.4 Å². The number of aromatic nitrogens is 2. The second kappa shape index (κ2) is 9.03. The van der Waals surface area contributed by atoms with E-state index in [9.17, 15) is 0 Å². The van der Waals surface area contributed by atoms with Crippen LogP contribution >= 0.6 is 0 Å². The highest BCUT2D eigenvalue weighted by molar-refractivity contribution is 5.58. The van der Waals surface area contributed by atoms with E-state index >= 15 is 0 Å². The molecule has 33 heavy (non-hydrogen) atoms. The van der Waals surface area contributed by atoms with Crippen molar-refractivity contribution < 1.29 is 9.57 Å². The van der Waals surface area contributed by atoms with Gasteiger partial charge in [-0.05, 0) is 23.9 Å². The zero-order valence-corrected chi connectivity index (χ0v) is 19.8. The highest BCUT2D eigenvalue weighted by atomic mass is 16.8. The van der Waals surface area contributed by atoms with E-state index in [0.29, 0.717) is 0 Å². The maximum Gasteiger partial charge on any atom is 0.168 e. The molecule has 2 aromatic carbocycles. The van der Waals surface area contributed by atoms with Crippen molar-refractivity contribution in [1.29, 1.82) is 0 Å². The van der Waals surface area contributed by atoms with Crippen LogP contribution in [-0.2, 0) is 16.1 Å². The van der Waals surface area contributed by atoms with Crippen LogP contribution in [0.1, 0.15) is 44.6 Å². The minimum atomic E-state index is -0.194. The Kier molecular flexibility index (Phi) is 6.10. The number of hydroxylamine groups is 2. The topological polar surface area (TPSA) is 51.6 Å². The van der Waals surface area contributed by atoms with Crippen LogP contribution < -0.4 is 5.32 Å². The lowest BCUT2D eigenvalue weighted by Gasteiger charge is -2.46. The zero-order chi connectivity index (χ0) is 22.9. The third-order valence-electron chi connectivity index (χ3n) is 6.66. The van der Waals surface area contributed by atoms with Gasteiger partial charge < -0.3 is 14.6 Å². The van der Waals surface area contributed by atoms with Gasteiger partial charge in [-0.3, -0.25) is 4.84 Å². The van der Waals surface area contributed by atoms with Crippen molar-refractivity contribution in [3.63, 3.8) is 0 Å². The Labute approximate surface area is 196 Å². The third kappa shape index (κ3) is 4.75. The van der Waals surface area contributed by atoms with Crippen LogP contribution in [0.3, 0.4) is 0 Å². The van der Waals surface area contributed by atoms with Crippen molar-refractivity contribution in [1.82, 2.24) is 19.9 Å². The van der Waals surface area contributed by atoms with Crippen LogP contribution in [-0.4, -0.2) is 46.6 Å². The Bertz CT molecular complexity index is 1050. The van der Waals surface area contributed by atoms with Crippen LogP contribution in [0.25, 0.3) is 11.3 Å². The molecule has 2 atom stereocenters. The summed E-state index contributed by atoms with van der Waals surface area (Å²) in [4.78, 5) is 11.4. The van der Waals surface area contributed by atoms with E-state index in [2.05, 4.69) is 96.5 Å². The van der Waals surface area contributed by atoms with Gasteiger partial charge in [-0.2, -0.15) is 5.06 Å². The molecule has 5 rings (SSSR count). The first-order chi connectivity index (χ1) is 15.9. The van der Waals surface area contributed by atoms with Crippen LogP contribution in [0.5, 0.6) is 0 Å². The molecule has 1 spiro atoms. The molecule has 2 fully saturated rings. The van der Waals surface area contributed by atoms with Crippen molar-refractivity contribution in [3.05, 3.63) is 78.2 Å². The van der Waals surface area contributed by atoms with Gasteiger partial charge in [0, 0.05) is 24.8 Å². The molecule has 6 heteroatoms. The summed E-state index contributed by atoms with van der Waals surface area (Å²) in [7, 11) is 0. The Morgan fingerprint density at radius 1 is 1.06 bits per heavy atom. The lowest BCUT2D eigenvalue weighted by atomic mass is 9.85. The molecule has 0 bridgehead atoms. The van der Waals surface area contributed by atoms with Gasteiger partial charge in [0.05, 0.1) is 23.9 Å². The largest absolute Gasteiger partial charge is 0.344 e. The summed E-state index contributed by atoms with van der Waals surface area (Å²) in [5.41, 5.74) is 3.07. The lowest BCUT2D eigenvalue weighted by Crippen LogP contribution is -2.54. The summed E-state index contributed by atoms with van der Waals surface area (Å²) in [6.07, 6.45) is 3.18. The molecule has 3 aromatic rings. The van der Waals surface area contributed by atoms with E-state index in [-0.39, 0.29) is 23.9 Å². The van der Waals surface area contributed by atoms with E-state index in [4.69, 9.17) is 14.6 Å². The third-order valence-corrected chi connectivity index (χ3v) is 6.66. The van der Waals surface area contributed by atoms with Crippen molar-refractivity contribution >= 4 is 0 Å². The molecule has 0 radical (unpaired) electrons. The summed E-state index contributed by atoms with van der Waals surface area (Å²) in [6.45, 7) is 10.4. The minimum absolute atomic E-state index is 0.0277. The molecule has 174 valence electrons. The number of rotatable bonds is 5. The molecule has 2 saturated heterocycles. The first-order valence-corrected chi connectivity index (χ1v) is 11.8. The molecule has 3 heterocycles. The van der Waals surface area contributed by atoms with Crippen molar-refractivity contribution in [2.45, 2.75) is 45.4 Å². The smallest absolute Gasteiger partial charge is 0.168 e. The normalized spacial score (nSPS) is 22.6. The lowest BCUT2D eigenvalue weighted by molar-refractivity contribution is -0.339. The Morgan fingerprint density at radius 2 is 1.79 bits per heavy atom. The molecule has 1 N–H and O–H groups in total. The molecule has 0 amide bonds. The maximum absolute atomic E-state index is 6.16. The molecule has 2 aliphatic heterocycles. The van der Waals surface area contributed by atoms with Crippen LogP contribution in [0, 0.1) is 5.41 Å². The number of imidazole rings is 1. The average Bonchev–Trinajstić information content (AvgIpc) is 3.42. The quantitative estimate of drug-likeness (QED) is 0.619. The molecule has 6 nitrogen and oxygen atoms in total. The molecule has 2 aliphatic rings. The summed E-state index contributed by atoms with van der Waals surface area (Å²) in [5.74, 6) is 1.02. The van der Waals surface area contributed by atoms with E-state index in [1.165, 1.54) is 5.56 Å². The highest BCUT2D eigenvalue weighted by Gasteiger charge is 2.46. The van der Waals surface area contributed by atoms with Gasteiger partial charge in [0.25, 0.3) is 0 Å². The summed E-state index contributed by atoms with van der Waals surface area (Å²) < 4.78 is 8.40.